The van der Waals surface area contributed by atoms with E-state index in [4.69, 9.17) is 0 Å². The minimum absolute atomic E-state index is 0.179. The summed E-state index contributed by atoms with van der Waals surface area (Å²) in [6.45, 7) is 4.02. The van der Waals surface area contributed by atoms with Gasteiger partial charge in [0.15, 0.2) is 0 Å². The summed E-state index contributed by atoms with van der Waals surface area (Å²) in [5, 5.41) is 6.43. The van der Waals surface area contributed by atoms with Gasteiger partial charge in [-0.3, -0.25) is 4.79 Å². The standard InChI is InChI=1S/C16H23N3O/c20-16-8-5-14(12-18-16)17-11-13-3-6-15(7-4-13)19-9-1-2-10-19/h3-4,6-7,14,17H,1-2,5,8-12H2,(H,18,20). The van der Waals surface area contributed by atoms with Crippen molar-refractivity contribution in [2.75, 3.05) is 24.5 Å². The molecule has 2 heterocycles. The summed E-state index contributed by atoms with van der Waals surface area (Å²) in [4.78, 5) is 13.6. The van der Waals surface area contributed by atoms with Gasteiger partial charge in [0.1, 0.15) is 0 Å². The summed E-state index contributed by atoms with van der Waals surface area (Å²) in [6.07, 6.45) is 4.22. The Labute approximate surface area is 120 Å². The van der Waals surface area contributed by atoms with Crippen LogP contribution in [0.1, 0.15) is 31.2 Å². The topological polar surface area (TPSA) is 44.4 Å². The molecule has 0 saturated carbocycles. The summed E-state index contributed by atoms with van der Waals surface area (Å²) < 4.78 is 0. The molecule has 2 N–H and O–H groups in total. The lowest BCUT2D eigenvalue weighted by Crippen LogP contribution is -2.45. The first-order valence-corrected chi connectivity index (χ1v) is 7.65. The van der Waals surface area contributed by atoms with E-state index in [2.05, 4.69) is 39.8 Å². The number of rotatable bonds is 4. The van der Waals surface area contributed by atoms with Gasteiger partial charge < -0.3 is 15.5 Å². The third-order valence-corrected chi connectivity index (χ3v) is 4.27. The Morgan fingerprint density at radius 2 is 1.95 bits per heavy atom. The Balaban J connectivity index is 1.49. The Hall–Kier alpha value is -1.55. The van der Waals surface area contributed by atoms with Crippen LogP contribution in [0.15, 0.2) is 24.3 Å². The number of hydrogen-bond donors (Lipinski definition) is 2. The third-order valence-electron chi connectivity index (χ3n) is 4.27. The fourth-order valence-electron chi connectivity index (χ4n) is 2.97. The van der Waals surface area contributed by atoms with E-state index in [-0.39, 0.29) is 5.91 Å². The smallest absolute Gasteiger partial charge is 0.220 e. The monoisotopic (exact) mass is 273 g/mol. The number of anilines is 1. The van der Waals surface area contributed by atoms with Gasteiger partial charge in [0.25, 0.3) is 0 Å². The largest absolute Gasteiger partial charge is 0.372 e. The van der Waals surface area contributed by atoms with Crippen molar-refractivity contribution in [1.82, 2.24) is 10.6 Å². The molecular weight excluding hydrogens is 250 g/mol. The van der Waals surface area contributed by atoms with Gasteiger partial charge in [-0.25, -0.2) is 0 Å². The number of nitrogens with one attached hydrogen (secondary N) is 2. The maximum atomic E-state index is 11.1. The number of carbonyl (C=O) groups excluding carboxylic acids is 1. The molecule has 2 saturated heterocycles. The lowest BCUT2D eigenvalue weighted by atomic mass is 10.1. The molecular formula is C16H23N3O. The predicted molar refractivity (Wildman–Crippen MR) is 80.8 cm³/mol. The number of benzene rings is 1. The van der Waals surface area contributed by atoms with E-state index in [1.807, 2.05) is 0 Å². The van der Waals surface area contributed by atoms with Crippen LogP contribution in [0.25, 0.3) is 0 Å². The molecule has 4 nitrogen and oxygen atoms in total. The van der Waals surface area contributed by atoms with E-state index in [0.717, 1.165) is 19.5 Å². The van der Waals surface area contributed by atoms with Gasteiger partial charge >= 0.3 is 0 Å². The van der Waals surface area contributed by atoms with Crippen LogP contribution in [0.2, 0.25) is 0 Å². The van der Waals surface area contributed by atoms with Crippen LogP contribution in [-0.2, 0) is 11.3 Å². The zero-order chi connectivity index (χ0) is 13.8. The highest BCUT2D eigenvalue weighted by molar-refractivity contribution is 5.76. The molecule has 20 heavy (non-hydrogen) atoms. The van der Waals surface area contributed by atoms with Gasteiger partial charge in [-0.1, -0.05) is 12.1 Å². The molecule has 108 valence electrons. The lowest BCUT2D eigenvalue weighted by molar-refractivity contribution is -0.122. The predicted octanol–water partition coefficient (Wildman–Crippen LogP) is 1.66. The highest BCUT2D eigenvalue weighted by atomic mass is 16.1. The maximum absolute atomic E-state index is 11.1. The van der Waals surface area contributed by atoms with Gasteiger partial charge in [0, 0.05) is 44.3 Å². The molecule has 4 heteroatoms. The van der Waals surface area contributed by atoms with Crippen molar-refractivity contribution in [3.8, 4) is 0 Å². The fourth-order valence-corrected chi connectivity index (χ4v) is 2.97. The van der Waals surface area contributed by atoms with Crippen molar-refractivity contribution in [2.24, 2.45) is 0 Å². The van der Waals surface area contributed by atoms with E-state index in [1.165, 1.54) is 37.2 Å². The van der Waals surface area contributed by atoms with Crippen LogP contribution in [0.4, 0.5) is 5.69 Å². The van der Waals surface area contributed by atoms with Crippen LogP contribution in [0.3, 0.4) is 0 Å². The van der Waals surface area contributed by atoms with Crippen molar-refractivity contribution in [3.05, 3.63) is 29.8 Å². The zero-order valence-corrected chi connectivity index (χ0v) is 11.9. The molecule has 1 aromatic rings. The molecule has 0 bridgehead atoms. The molecule has 0 aromatic heterocycles. The van der Waals surface area contributed by atoms with E-state index < -0.39 is 0 Å². The van der Waals surface area contributed by atoms with E-state index in [9.17, 15) is 4.79 Å². The summed E-state index contributed by atoms with van der Waals surface area (Å²) >= 11 is 0. The molecule has 2 aliphatic heterocycles. The molecule has 0 aliphatic carbocycles. The minimum Gasteiger partial charge on any atom is -0.372 e. The van der Waals surface area contributed by atoms with Crippen LogP contribution >= 0.6 is 0 Å². The molecule has 1 aromatic carbocycles. The first-order valence-electron chi connectivity index (χ1n) is 7.65. The Bertz CT molecular complexity index is 441. The van der Waals surface area contributed by atoms with Crippen molar-refractivity contribution < 1.29 is 4.79 Å². The normalized spacial score (nSPS) is 22.9. The Morgan fingerprint density at radius 1 is 1.20 bits per heavy atom. The second-order valence-electron chi connectivity index (χ2n) is 5.78. The van der Waals surface area contributed by atoms with Crippen LogP contribution in [-0.4, -0.2) is 31.6 Å². The Morgan fingerprint density at radius 3 is 2.60 bits per heavy atom. The van der Waals surface area contributed by atoms with Gasteiger partial charge in [-0.05, 0) is 37.0 Å². The highest BCUT2D eigenvalue weighted by Crippen LogP contribution is 2.20. The number of amides is 1. The van der Waals surface area contributed by atoms with Crippen LogP contribution in [0.5, 0.6) is 0 Å². The molecule has 1 amide bonds. The molecule has 0 spiro atoms. The summed E-state index contributed by atoms with van der Waals surface area (Å²) in [6, 6.07) is 9.28. The Kier molecular flexibility index (Phi) is 4.21. The van der Waals surface area contributed by atoms with Crippen molar-refractivity contribution in [1.29, 1.82) is 0 Å². The van der Waals surface area contributed by atoms with Gasteiger partial charge in [-0.15, -0.1) is 0 Å². The van der Waals surface area contributed by atoms with Gasteiger partial charge in [-0.2, -0.15) is 0 Å². The number of hydrogen-bond acceptors (Lipinski definition) is 3. The van der Waals surface area contributed by atoms with Crippen LogP contribution in [0, 0.1) is 0 Å². The summed E-state index contributed by atoms with van der Waals surface area (Å²) in [7, 11) is 0. The van der Waals surface area contributed by atoms with Gasteiger partial charge in [0.05, 0.1) is 0 Å². The molecule has 1 unspecified atom stereocenters. The van der Waals surface area contributed by atoms with Crippen molar-refractivity contribution in [3.63, 3.8) is 0 Å². The number of piperidine rings is 1. The van der Waals surface area contributed by atoms with Crippen molar-refractivity contribution in [2.45, 2.75) is 38.3 Å². The maximum Gasteiger partial charge on any atom is 0.220 e. The molecule has 1 atom stereocenters. The third kappa shape index (κ3) is 3.31. The molecule has 2 aliphatic rings. The number of nitrogens with zero attached hydrogens (tertiary/aromatic N) is 1. The lowest BCUT2D eigenvalue weighted by Gasteiger charge is -2.23. The van der Waals surface area contributed by atoms with Crippen LogP contribution < -0.4 is 15.5 Å². The summed E-state index contributed by atoms with van der Waals surface area (Å²) in [5.74, 6) is 0.179. The minimum atomic E-state index is 0.179. The second-order valence-corrected chi connectivity index (χ2v) is 5.78. The van der Waals surface area contributed by atoms with E-state index in [0.29, 0.717) is 12.5 Å². The average molecular weight is 273 g/mol. The van der Waals surface area contributed by atoms with E-state index >= 15 is 0 Å². The fraction of sp³-hybridized carbons (Fsp3) is 0.562. The van der Waals surface area contributed by atoms with E-state index in [1.54, 1.807) is 0 Å². The first-order chi connectivity index (χ1) is 9.81. The van der Waals surface area contributed by atoms with Gasteiger partial charge in [0.2, 0.25) is 5.91 Å². The average Bonchev–Trinajstić information content (AvgIpc) is 3.01. The first kappa shape index (κ1) is 13.4. The molecule has 0 radical (unpaired) electrons. The molecule has 2 fully saturated rings. The summed E-state index contributed by atoms with van der Waals surface area (Å²) in [5.41, 5.74) is 2.65. The number of carbonyl (C=O) groups is 1. The quantitative estimate of drug-likeness (QED) is 0.877. The zero-order valence-electron chi connectivity index (χ0n) is 11.9. The molecule has 3 rings (SSSR count). The SMILES string of the molecule is O=C1CCC(NCc2ccc(N3CCCC3)cc2)CN1. The van der Waals surface area contributed by atoms with Crippen molar-refractivity contribution >= 4 is 11.6 Å². The highest BCUT2D eigenvalue weighted by Gasteiger charge is 2.17. The second kappa shape index (κ2) is 6.27.